The Balaban J connectivity index is 2.10. The highest BCUT2D eigenvalue weighted by Gasteiger charge is 2.08. The zero-order chi connectivity index (χ0) is 13.9. The molecule has 0 unspecified atom stereocenters. The first kappa shape index (κ1) is 12.8. The summed E-state index contributed by atoms with van der Waals surface area (Å²) in [4.78, 5) is 0. The highest BCUT2D eigenvalue weighted by atomic mass is 35.5. The molecular weight excluding hydrogens is 270 g/mol. The molecule has 0 fully saturated rings. The van der Waals surface area contributed by atoms with Gasteiger partial charge in [-0.3, -0.25) is 0 Å². The van der Waals surface area contributed by atoms with Crippen molar-refractivity contribution < 1.29 is 0 Å². The number of benzene rings is 2. The van der Waals surface area contributed by atoms with E-state index in [0.717, 1.165) is 33.6 Å². The van der Waals surface area contributed by atoms with Crippen LogP contribution in [0.25, 0.3) is 10.9 Å². The molecule has 3 nitrogen and oxygen atoms in total. The predicted octanol–water partition coefficient (Wildman–Crippen LogP) is 3.64. The number of aromatic nitrogens is 1. The Bertz CT molecular complexity index is 774. The van der Waals surface area contributed by atoms with Crippen LogP contribution in [0.1, 0.15) is 11.1 Å². The van der Waals surface area contributed by atoms with E-state index in [1.54, 1.807) is 6.21 Å². The molecule has 20 heavy (non-hydrogen) atoms. The normalized spacial score (nSPS) is 11.4. The van der Waals surface area contributed by atoms with Crippen molar-refractivity contribution in [1.29, 1.82) is 0 Å². The van der Waals surface area contributed by atoms with Crippen molar-refractivity contribution in [1.82, 2.24) is 4.57 Å². The molecule has 0 radical (unpaired) electrons. The van der Waals surface area contributed by atoms with E-state index < -0.39 is 0 Å². The highest BCUT2D eigenvalue weighted by Crippen LogP contribution is 2.23. The number of halogens is 1. The fourth-order valence-electron chi connectivity index (χ4n) is 2.40. The van der Waals surface area contributed by atoms with Gasteiger partial charge >= 0.3 is 0 Å². The van der Waals surface area contributed by atoms with Gasteiger partial charge in [0.2, 0.25) is 0 Å². The topological polar surface area (TPSA) is 43.3 Å². The molecular formula is C16H14ClN3. The van der Waals surface area contributed by atoms with Gasteiger partial charge in [-0.05, 0) is 17.7 Å². The number of hydrogen-bond donors (Lipinski definition) is 1. The third kappa shape index (κ3) is 2.28. The Morgan fingerprint density at radius 1 is 1.10 bits per heavy atom. The lowest BCUT2D eigenvalue weighted by atomic mass is 10.2. The van der Waals surface area contributed by atoms with E-state index >= 15 is 0 Å². The van der Waals surface area contributed by atoms with Gasteiger partial charge in [-0.15, -0.1) is 0 Å². The predicted molar refractivity (Wildman–Crippen MR) is 84.3 cm³/mol. The maximum absolute atomic E-state index is 6.23. The van der Waals surface area contributed by atoms with E-state index in [1.165, 1.54) is 0 Å². The van der Waals surface area contributed by atoms with Crippen LogP contribution in [0, 0.1) is 0 Å². The number of fused-ring (bicyclic) bond motifs is 1. The zero-order valence-corrected chi connectivity index (χ0v) is 11.6. The summed E-state index contributed by atoms with van der Waals surface area (Å²) in [6.07, 6.45) is 3.72. The summed E-state index contributed by atoms with van der Waals surface area (Å²) >= 11 is 6.23. The number of hydrogen-bond acceptors (Lipinski definition) is 2. The molecule has 0 spiro atoms. The van der Waals surface area contributed by atoms with Crippen LogP contribution in [-0.4, -0.2) is 10.8 Å². The van der Waals surface area contributed by atoms with Crippen LogP contribution in [0.15, 0.2) is 59.8 Å². The molecule has 3 rings (SSSR count). The molecule has 1 aromatic heterocycles. The van der Waals surface area contributed by atoms with Gasteiger partial charge in [0.1, 0.15) is 0 Å². The largest absolute Gasteiger partial charge is 0.342 e. The molecule has 0 aliphatic rings. The van der Waals surface area contributed by atoms with Gasteiger partial charge in [-0.25, -0.2) is 0 Å². The SMILES string of the molecule is NN=Cc1cn(Cc2ccccc2Cl)c2ccccc12. The van der Waals surface area contributed by atoms with E-state index in [2.05, 4.69) is 21.8 Å². The van der Waals surface area contributed by atoms with E-state index in [0.29, 0.717) is 0 Å². The summed E-state index contributed by atoms with van der Waals surface area (Å²) in [6.45, 7) is 0.721. The Kier molecular flexibility index (Phi) is 3.44. The maximum Gasteiger partial charge on any atom is 0.0559 e. The fourth-order valence-corrected chi connectivity index (χ4v) is 2.59. The zero-order valence-electron chi connectivity index (χ0n) is 10.8. The van der Waals surface area contributed by atoms with Gasteiger partial charge in [0.25, 0.3) is 0 Å². The lowest BCUT2D eigenvalue weighted by Gasteiger charge is -2.07. The average Bonchev–Trinajstić information content (AvgIpc) is 2.81. The van der Waals surface area contributed by atoms with Crippen LogP contribution < -0.4 is 5.84 Å². The number of nitrogens with two attached hydrogens (primary N) is 1. The first-order valence-electron chi connectivity index (χ1n) is 6.34. The van der Waals surface area contributed by atoms with Crippen molar-refractivity contribution in [3.63, 3.8) is 0 Å². The van der Waals surface area contributed by atoms with Crippen molar-refractivity contribution >= 4 is 28.7 Å². The van der Waals surface area contributed by atoms with Crippen LogP contribution in [0.2, 0.25) is 5.02 Å². The molecule has 0 aliphatic heterocycles. The molecule has 0 saturated carbocycles. The number of rotatable bonds is 3. The Morgan fingerprint density at radius 3 is 2.65 bits per heavy atom. The van der Waals surface area contributed by atoms with E-state index in [9.17, 15) is 0 Å². The second-order valence-electron chi connectivity index (χ2n) is 4.60. The number of nitrogens with zero attached hydrogens (tertiary/aromatic N) is 2. The van der Waals surface area contributed by atoms with Crippen LogP contribution in [-0.2, 0) is 6.54 Å². The molecule has 0 bridgehead atoms. The molecule has 0 amide bonds. The van der Waals surface area contributed by atoms with E-state index in [1.807, 2.05) is 42.6 Å². The summed E-state index contributed by atoms with van der Waals surface area (Å²) in [5.74, 6) is 5.28. The third-order valence-electron chi connectivity index (χ3n) is 3.33. The van der Waals surface area contributed by atoms with Crippen molar-refractivity contribution in [3.05, 3.63) is 70.9 Å². The number of para-hydroxylation sites is 1. The molecule has 2 N–H and O–H groups in total. The van der Waals surface area contributed by atoms with Crippen molar-refractivity contribution in [2.75, 3.05) is 0 Å². The van der Waals surface area contributed by atoms with Gasteiger partial charge in [0.15, 0.2) is 0 Å². The summed E-state index contributed by atoms with van der Waals surface area (Å²) in [6, 6.07) is 16.1. The van der Waals surface area contributed by atoms with Gasteiger partial charge in [0, 0.05) is 34.2 Å². The molecule has 4 heteroatoms. The first-order valence-corrected chi connectivity index (χ1v) is 6.72. The fraction of sp³-hybridized carbons (Fsp3) is 0.0625. The molecule has 1 heterocycles. The first-order chi connectivity index (χ1) is 9.79. The van der Waals surface area contributed by atoms with Crippen LogP contribution in [0.4, 0.5) is 0 Å². The minimum Gasteiger partial charge on any atom is -0.342 e. The second kappa shape index (κ2) is 5.39. The van der Waals surface area contributed by atoms with E-state index in [4.69, 9.17) is 17.4 Å². The third-order valence-corrected chi connectivity index (χ3v) is 3.70. The monoisotopic (exact) mass is 283 g/mol. The smallest absolute Gasteiger partial charge is 0.0559 e. The minimum absolute atomic E-state index is 0.721. The van der Waals surface area contributed by atoms with Crippen molar-refractivity contribution in [2.24, 2.45) is 10.9 Å². The van der Waals surface area contributed by atoms with E-state index in [-0.39, 0.29) is 0 Å². The Morgan fingerprint density at radius 2 is 1.85 bits per heavy atom. The molecule has 0 saturated heterocycles. The lowest BCUT2D eigenvalue weighted by Crippen LogP contribution is -1.98. The Hall–Kier alpha value is -2.26. The second-order valence-corrected chi connectivity index (χ2v) is 5.01. The summed E-state index contributed by atoms with van der Waals surface area (Å²) in [7, 11) is 0. The van der Waals surface area contributed by atoms with Crippen molar-refractivity contribution in [3.8, 4) is 0 Å². The molecule has 2 aromatic carbocycles. The van der Waals surface area contributed by atoms with Gasteiger partial charge in [0.05, 0.1) is 6.21 Å². The standard InChI is InChI=1S/C16H14ClN3/c17-15-7-3-1-5-12(15)10-20-11-13(9-19-18)14-6-2-4-8-16(14)20/h1-9,11H,10,18H2. The van der Waals surface area contributed by atoms with Crippen LogP contribution in [0.5, 0.6) is 0 Å². The summed E-state index contributed by atoms with van der Waals surface area (Å²) in [5, 5.41) is 5.54. The van der Waals surface area contributed by atoms with Crippen molar-refractivity contribution in [2.45, 2.75) is 6.54 Å². The molecule has 3 aromatic rings. The average molecular weight is 284 g/mol. The Labute approximate surface area is 122 Å². The number of hydrazone groups is 1. The summed E-state index contributed by atoms with van der Waals surface area (Å²) in [5.41, 5.74) is 3.24. The summed E-state index contributed by atoms with van der Waals surface area (Å²) < 4.78 is 2.16. The van der Waals surface area contributed by atoms with Crippen LogP contribution >= 0.6 is 11.6 Å². The maximum atomic E-state index is 6.23. The van der Waals surface area contributed by atoms with Gasteiger partial charge in [-0.1, -0.05) is 48.0 Å². The lowest BCUT2D eigenvalue weighted by molar-refractivity contribution is 0.836. The van der Waals surface area contributed by atoms with Gasteiger partial charge < -0.3 is 10.4 Å². The molecule has 0 atom stereocenters. The highest BCUT2D eigenvalue weighted by molar-refractivity contribution is 6.31. The minimum atomic E-state index is 0.721. The van der Waals surface area contributed by atoms with Gasteiger partial charge in [-0.2, -0.15) is 5.10 Å². The molecule has 100 valence electrons. The molecule has 0 aliphatic carbocycles. The quantitative estimate of drug-likeness (QED) is 0.445. The van der Waals surface area contributed by atoms with Crippen LogP contribution in [0.3, 0.4) is 0 Å².